The Balaban J connectivity index is 0.867. The van der Waals surface area contributed by atoms with Crippen LogP contribution in [0, 0.1) is 46.3 Å². The molecule has 2 N–H and O–H groups in total. The lowest BCUT2D eigenvalue weighted by atomic mass is 9.47. The standard InChI is InChI=1S/C55H82N2O6/c1-7-8-9-10-11-12-13-14-34-61-44-24-20-41(21-25-44)53(60)57-56-38-42-22-26-45(37-51(42)58)62-35-16-19-52(59)63-46-30-32-54(5)43(36-46)23-27-47-49-29-28-48(40(4)18-15-17-39(2)3)55(49,6)33-31-50(47)54/h20-26,37-40,46-50,58H,7-19,27-36H2,1-6H3,(H,57,60)/b56-38+/t40-,46+,47+,48-,49+,50+,54+,55-/m1/s1. The van der Waals surface area contributed by atoms with Gasteiger partial charge in [0.2, 0.25) is 0 Å². The summed E-state index contributed by atoms with van der Waals surface area (Å²) in [6, 6.07) is 12.0. The smallest absolute Gasteiger partial charge is 0.306 e. The van der Waals surface area contributed by atoms with Gasteiger partial charge in [0.05, 0.1) is 19.4 Å². The number of nitrogens with one attached hydrogen (secondary N) is 1. The molecule has 0 unspecified atom stereocenters. The molecule has 3 fully saturated rings. The molecule has 8 atom stereocenters. The Morgan fingerprint density at radius 1 is 0.825 bits per heavy atom. The predicted molar refractivity (Wildman–Crippen MR) is 255 cm³/mol. The second-order valence-corrected chi connectivity index (χ2v) is 20.9. The molecule has 0 aromatic heterocycles. The van der Waals surface area contributed by atoms with E-state index in [0.29, 0.717) is 48.3 Å². The number of hydrogen-bond acceptors (Lipinski definition) is 7. The molecule has 63 heavy (non-hydrogen) atoms. The summed E-state index contributed by atoms with van der Waals surface area (Å²) in [5, 5.41) is 14.6. The monoisotopic (exact) mass is 867 g/mol. The molecule has 2 aromatic carbocycles. The zero-order chi connectivity index (χ0) is 44.8. The van der Waals surface area contributed by atoms with Crippen molar-refractivity contribution in [2.75, 3.05) is 13.2 Å². The fourth-order valence-electron chi connectivity index (χ4n) is 12.5. The van der Waals surface area contributed by atoms with Gasteiger partial charge >= 0.3 is 5.97 Å². The first kappa shape index (κ1) is 48.6. The van der Waals surface area contributed by atoms with E-state index in [0.717, 1.165) is 66.9 Å². The Morgan fingerprint density at radius 3 is 2.29 bits per heavy atom. The van der Waals surface area contributed by atoms with E-state index < -0.39 is 0 Å². The summed E-state index contributed by atoms with van der Waals surface area (Å²) in [7, 11) is 0. The van der Waals surface area contributed by atoms with Gasteiger partial charge in [-0.1, -0.05) is 117 Å². The molecule has 348 valence electrons. The number of fused-ring (bicyclic) bond motifs is 5. The van der Waals surface area contributed by atoms with Gasteiger partial charge in [0.25, 0.3) is 5.91 Å². The molecule has 0 saturated heterocycles. The molecule has 4 aliphatic rings. The summed E-state index contributed by atoms with van der Waals surface area (Å²) >= 11 is 0. The van der Waals surface area contributed by atoms with Crippen LogP contribution in [0.5, 0.6) is 17.2 Å². The van der Waals surface area contributed by atoms with E-state index in [-0.39, 0.29) is 29.1 Å². The minimum Gasteiger partial charge on any atom is -0.507 e. The van der Waals surface area contributed by atoms with E-state index >= 15 is 0 Å². The lowest BCUT2D eigenvalue weighted by molar-refractivity contribution is -0.151. The Hall–Kier alpha value is -3.81. The van der Waals surface area contributed by atoms with Crippen LogP contribution in [-0.2, 0) is 9.53 Å². The predicted octanol–water partition coefficient (Wildman–Crippen LogP) is 13.8. The first-order valence-corrected chi connectivity index (χ1v) is 25.3. The second kappa shape index (κ2) is 23.4. The first-order chi connectivity index (χ1) is 30.4. The Labute approximate surface area is 380 Å². The number of carbonyl (C=O) groups is 2. The minimum absolute atomic E-state index is 0.0210. The summed E-state index contributed by atoms with van der Waals surface area (Å²) in [5.74, 6) is 5.61. The van der Waals surface area contributed by atoms with Crippen LogP contribution in [0.25, 0.3) is 0 Å². The van der Waals surface area contributed by atoms with E-state index in [1.807, 2.05) is 0 Å². The second-order valence-electron chi connectivity index (χ2n) is 20.9. The summed E-state index contributed by atoms with van der Waals surface area (Å²) in [6.07, 6.45) is 28.6. The van der Waals surface area contributed by atoms with Gasteiger partial charge in [0, 0.05) is 30.0 Å². The maximum absolute atomic E-state index is 13.0. The van der Waals surface area contributed by atoms with Crippen molar-refractivity contribution in [3.8, 4) is 17.2 Å². The van der Waals surface area contributed by atoms with Crippen LogP contribution < -0.4 is 14.9 Å². The van der Waals surface area contributed by atoms with E-state index in [9.17, 15) is 14.7 Å². The molecule has 4 aliphatic carbocycles. The third-order valence-electron chi connectivity index (χ3n) is 16.1. The van der Waals surface area contributed by atoms with E-state index in [4.69, 9.17) is 14.2 Å². The molecule has 0 bridgehead atoms. The fraction of sp³-hybridized carbons (Fsp3) is 0.691. The van der Waals surface area contributed by atoms with Crippen molar-refractivity contribution in [2.45, 2.75) is 182 Å². The molecule has 0 radical (unpaired) electrons. The lowest BCUT2D eigenvalue weighted by Gasteiger charge is -2.58. The van der Waals surface area contributed by atoms with Crippen molar-refractivity contribution >= 4 is 18.1 Å². The number of phenols is 1. The van der Waals surface area contributed by atoms with Gasteiger partial charge in [-0.05, 0) is 141 Å². The van der Waals surface area contributed by atoms with Gasteiger partial charge in [-0.25, -0.2) is 5.43 Å². The number of amides is 1. The van der Waals surface area contributed by atoms with Gasteiger partial charge in [-0.3, -0.25) is 9.59 Å². The van der Waals surface area contributed by atoms with Crippen LogP contribution in [0.2, 0.25) is 0 Å². The van der Waals surface area contributed by atoms with Crippen molar-refractivity contribution in [3.05, 3.63) is 65.2 Å². The van der Waals surface area contributed by atoms with E-state index in [1.54, 1.807) is 42.0 Å². The highest BCUT2D eigenvalue weighted by Gasteiger charge is 2.59. The summed E-state index contributed by atoms with van der Waals surface area (Å²) < 4.78 is 17.8. The van der Waals surface area contributed by atoms with E-state index in [1.165, 1.54) is 109 Å². The number of allylic oxidation sites excluding steroid dienone is 1. The molecular formula is C55H82N2O6. The van der Waals surface area contributed by atoms with Gasteiger partial charge in [-0.15, -0.1) is 0 Å². The molecule has 6 rings (SSSR count). The SMILES string of the molecule is CCCCCCCCCCOc1ccc(C(=O)N/N=C/c2ccc(OCCCC(=O)O[C@H]3CC[C@@]4(C)C(=CC[C@H]5[C@@H]6CC[C@H]([C@H](C)CCCC(C)C)[C@@]6(C)CC[C@@H]54)C3)cc2O)cc1. The highest BCUT2D eigenvalue weighted by molar-refractivity contribution is 5.95. The number of rotatable bonds is 24. The Morgan fingerprint density at radius 2 is 1.54 bits per heavy atom. The summed E-state index contributed by atoms with van der Waals surface area (Å²) in [4.78, 5) is 25.6. The molecule has 0 spiro atoms. The number of unbranched alkanes of at least 4 members (excludes halogenated alkanes) is 7. The Kier molecular flexibility index (Phi) is 18.1. The minimum atomic E-state index is -0.355. The number of hydrazone groups is 1. The van der Waals surface area contributed by atoms with Gasteiger partial charge in [-0.2, -0.15) is 5.10 Å². The molecule has 8 nitrogen and oxygen atoms in total. The van der Waals surface area contributed by atoms with Crippen LogP contribution in [0.3, 0.4) is 0 Å². The number of phenolic OH excluding ortho intramolecular Hbond substituents is 1. The van der Waals surface area contributed by atoms with Crippen molar-refractivity contribution in [2.24, 2.45) is 51.4 Å². The highest BCUT2D eigenvalue weighted by atomic mass is 16.5. The molecule has 3 saturated carbocycles. The molecular weight excluding hydrogens is 785 g/mol. The Bertz CT molecular complexity index is 1820. The van der Waals surface area contributed by atoms with Gasteiger partial charge in [0.1, 0.15) is 23.4 Å². The number of ether oxygens (including phenoxy) is 3. The number of esters is 1. The van der Waals surface area contributed by atoms with Crippen LogP contribution in [-0.4, -0.2) is 42.5 Å². The highest BCUT2D eigenvalue weighted by Crippen LogP contribution is 2.67. The number of hydrogen-bond donors (Lipinski definition) is 2. The lowest BCUT2D eigenvalue weighted by Crippen LogP contribution is -2.51. The molecule has 1 amide bonds. The first-order valence-electron chi connectivity index (χ1n) is 25.3. The largest absolute Gasteiger partial charge is 0.507 e. The third-order valence-corrected chi connectivity index (χ3v) is 16.1. The average molecular weight is 867 g/mol. The fourth-order valence-corrected chi connectivity index (χ4v) is 12.5. The van der Waals surface area contributed by atoms with Crippen LogP contribution in [0.1, 0.15) is 192 Å². The van der Waals surface area contributed by atoms with Crippen LogP contribution in [0.15, 0.2) is 59.2 Å². The number of benzene rings is 2. The number of aromatic hydroxyl groups is 1. The zero-order valence-corrected chi connectivity index (χ0v) is 39.9. The molecule has 8 heteroatoms. The van der Waals surface area contributed by atoms with E-state index in [2.05, 4.69) is 58.1 Å². The molecule has 0 aliphatic heterocycles. The van der Waals surface area contributed by atoms with Crippen molar-refractivity contribution in [1.29, 1.82) is 0 Å². The van der Waals surface area contributed by atoms with Gasteiger partial charge < -0.3 is 19.3 Å². The average Bonchev–Trinajstić information content (AvgIpc) is 3.63. The van der Waals surface area contributed by atoms with Crippen molar-refractivity contribution < 1.29 is 28.9 Å². The topological polar surface area (TPSA) is 106 Å². The molecule has 0 heterocycles. The molecule has 2 aromatic rings. The maximum Gasteiger partial charge on any atom is 0.306 e. The summed E-state index contributed by atoms with van der Waals surface area (Å²) in [5.41, 5.74) is 5.70. The third kappa shape index (κ3) is 12.9. The van der Waals surface area contributed by atoms with Gasteiger partial charge in [0.15, 0.2) is 0 Å². The maximum atomic E-state index is 13.0. The quantitative estimate of drug-likeness (QED) is 0.0358. The van der Waals surface area contributed by atoms with Crippen molar-refractivity contribution in [1.82, 2.24) is 5.43 Å². The summed E-state index contributed by atoms with van der Waals surface area (Å²) in [6.45, 7) is 15.7. The van der Waals surface area contributed by atoms with Crippen molar-refractivity contribution in [3.63, 3.8) is 0 Å². The number of nitrogens with zero attached hydrogens (tertiary/aromatic N) is 1. The van der Waals surface area contributed by atoms with Crippen LogP contribution in [0.4, 0.5) is 0 Å². The normalized spacial score (nSPS) is 27.0. The zero-order valence-electron chi connectivity index (χ0n) is 39.9. The number of carbonyl (C=O) groups excluding carboxylic acids is 2. The van der Waals surface area contributed by atoms with Crippen LogP contribution >= 0.6 is 0 Å².